The van der Waals surface area contributed by atoms with Crippen molar-refractivity contribution in [1.29, 1.82) is 0 Å². The van der Waals surface area contributed by atoms with Gasteiger partial charge in [0, 0.05) is 6.54 Å². The maximum atomic E-state index is 11.7. The molecule has 0 unspecified atom stereocenters. The van der Waals surface area contributed by atoms with Crippen LogP contribution in [0.4, 0.5) is 0 Å². The van der Waals surface area contributed by atoms with Crippen LogP contribution in [-0.4, -0.2) is 37.6 Å². The fourth-order valence-corrected chi connectivity index (χ4v) is 1.62. The minimum absolute atomic E-state index is 0.141. The number of amides is 2. The Kier molecular flexibility index (Phi) is 7.08. The van der Waals surface area contributed by atoms with E-state index in [2.05, 4.69) is 10.6 Å². The highest BCUT2D eigenvalue weighted by Crippen LogP contribution is 2.17. The molecule has 0 heterocycles. The number of benzene rings is 1. The van der Waals surface area contributed by atoms with Crippen LogP contribution < -0.4 is 20.1 Å². The van der Waals surface area contributed by atoms with Gasteiger partial charge >= 0.3 is 0 Å². The van der Waals surface area contributed by atoms with E-state index < -0.39 is 6.04 Å². The molecule has 6 nitrogen and oxygen atoms in total. The number of hydrogen-bond acceptors (Lipinski definition) is 4. The molecule has 0 fully saturated rings. The van der Waals surface area contributed by atoms with Crippen molar-refractivity contribution in [1.82, 2.24) is 10.6 Å². The molecule has 0 aliphatic rings. The van der Waals surface area contributed by atoms with E-state index in [0.717, 1.165) is 5.75 Å². The van der Waals surface area contributed by atoms with Gasteiger partial charge in [-0.15, -0.1) is 0 Å². The average Bonchev–Trinajstić information content (AvgIpc) is 2.47. The van der Waals surface area contributed by atoms with E-state index >= 15 is 0 Å². The predicted molar refractivity (Wildman–Crippen MR) is 79.4 cm³/mol. The first-order valence-electron chi connectivity index (χ1n) is 6.99. The van der Waals surface area contributed by atoms with Gasteiger partial charge in [0.15, 0.2) is 6.61 Å². The smallest absolute Gasteiger partial charge is 0.258 e. The maximum absolute atomic E-state index is 11.7. The zero-order valence-electron chi connectivity index (χ0n) is 12.6. The first-order valence-corrected chi connectivity index (χ1v) is 6.99. The molecule has 0 spiro atoms. The zero-order valence-corrected chi connectivity index (χ0v) is 12.6. The molecular weight excluding hydrogens is 272 g/mol. The average molecular weight is 294 g/mol. The van der Waals surface area contributed by atoms with Crippen molar-refractivity contribution in [2.24, 2.45) is 0 Å². The second-order valence-electron chi connectivity index (χ2n) is 4.38. The molecule has 1 aromatic rings. The van der Waals surface area contributed by atoms with Crippen LogP contribution in [-0.2, 0) is 9.59 Å². The molecule has 1 rings (SSSR count). The summed E-state index contributed by atoms with van der Waals surface area (Å²) < 4.78 is 10.7. The van der Waals surface area contributed by atoms with E-state index in [1.165, 1.54) is 0 Å². The predicted octanol–water partition coefficient (Wildman–Crippen LogP) is 1.10. The quantitative estimate of drug-likeness (QED) is 0.753. The molecule has 1 atom stereocenters. The molecule has 6 heteroatoms. The largest absolute Gasteiger partial charge is 0.494 e. The molecule has 0 radical (unpaired) electrons. The van der Waals surface area contributed by atoms with Crippen molar-refractivity contribution < 1.29 is 19.1 Å². The van der Waals surface area contributed by atoms with E-state index in [4.69, 9.17) is 9.47 Å². The first-order chi connectivity index (χ1) is 10.1. The SMILES string of the molecule is CCNC(=O)[C@H](C)NC(=O)COc1ccc(OCC)cc1. The fourth-order valence-electron chi connectivity index (χ4n) is 1.62. The number of rotatable bonds is 8. The highest BCUT2D eigenvalue weighted by Gasteiger charge is 2.14. The maximum Gasteiger partial charge on any atom is 0.258 e. The summed E-state index contributed by atoms with van der Waals surface area (Å²) in [5.41, 5.74) is 0. The molecule has 116 valence electrons. The third-order valence-electron chi connectivity index (χ3n) is 2.63. The van der Waals surface area contributed by atoms with Gasteiger partial charge in [0.05, 0.1) is 6.61 Å². The minimum Gasteiger partial charge on any atom is -0.494 e. The number of carbonyl (C=O) groups excluding carboxylic acids is 2. The molecule has 2 N–H and O–H groups in total. The van der Waals surface area contributed by atoms with Gasteiger partial charge in [-0.05, 0) is 45.0 Å². The molecule has 2 amide bonds. The lowest BCUT2D eigenvalue weighted by molar-refractivity contribution is -0.129. The summed E-state index contributed by atoms with van der Waals surface area (Å²) in [6.07, 6.45) is 0. The first kappa shape index (κ1) is 16.8. The van der Waals surface area contributed by atoms with Crippen molar-refractivity contribution in [3.63, 3.8) is 0 Å². The molecule has 0 aliphatic carbocycles. The molecule has 0 aliphatic heterocycles. The van der Waals surface area contributed by atoms with Gasteiger partial charge in [-0.25, -0.2) is 0 Å². The molecule has 0 saturated carbocycles. The van der Waals surface area contributed by atoms with Crippen LogP contribution in [0.3, 0.4) is 0 Å². The third kappa shape index (κ3) is 6.16. The monoisotopic (exact) mass is 294 g/mol. The Morgan fingerprint density at radius 3 is 2.19 bits per heavy atom. The lowest BCUT2D eigenvalue weighted by Crippen LogP contribution is -2.46. The highest BCUT2D eigenvalue weighted by atomic mass is 16.5. The summed E-state index contributed by atoms with van der Waals surface area (Å²) in [5.74, 6) is 0.757. The Hall–Kier alpha value is -2.24. The number of hydrogen-bond donors (Lipinski definition) is 2. The Bertz CT molecular complexity index is 459. The van der Waals surface area contributed by atoms with Gasteiger partial charge in [-0.1, -0.05) is 0 Å². The normalized spacial score (nSPS) is 11.4. The number of likely N-dealkylation sites (N-methyl/N-ethyl adjacent to an activating group) is 1. The molecule has 21 heavy (non-hydrogen) atoms. The summed E-state index contributed by atoms with van der Waals surface area (Å²) >= 11 is 0. The molecule has 0 aromatic heterocycles. The van der Waals surface area contributed by atoms with Gasteiger partial charge in [0.1, 0.15) is 17.5 Å². The van der Waals surface area contributed by atoms with Crippen LogP contribution in [0, 0.1) is 0 Å². The lowest BCUT2D eigenvalue weighted by Gasteiger charge is -2.13. The topological polar surface area (TPSA) is 76.7 Å². The van der Waals surface area contributed by atoms with Crippen molar-refractivity contribution >= 4 is 11.8 Å². The van der Waals surface area contributed by atoms with Crippen LogP contribution in [0.1, 0.15) is 20.8 Å². The summed E-state index contributed by atoms with van der Waals surface area (Å²) in [6.45, 7) is 6.34. The van der Waals surface area contributed by atoms with E-state index in [0.29, 0.717) is 18.9 Å². The van der Waals surface area contributed by atoms with E-state index in [1.54, 1.807) is 31.2 Å². The van der Waals surface area contributed by atoms with Crippen molar-refractivity contribution in [2.45, 2.75) is 26.8 Å². The highest BCUT2D eigenvalue weighted by molar-refractivity contribution is 5.87. The van der Waals surface area contributed by atoms with Crippen LogP contribution in [0.15, 0.2) is 24.3 Å². The van der Waals surface area contributed by atoms with Gasteiger partial charge < -0.3 is 20.1 Å². The molecular formula is C15H22N2O4. The Balaban J connectivity index is 2.37. The minimum atomic E-state index is -0.582. The third-order valence-corrected chi connectivity index (χ3v) is 2.63. The summed E-state index contributed by atoms with van der Waals surface area (Å²) in [5, 5.41) is 5.20. The summed E-state index contributed by atoms with van der Waals surface area (Å²) in [4.78, 5) is 23.1. The van der Waals surface area contributed by atoms with Crippen LogP contribution in [0.5, 0.6) is 11.5 Å². The number of nitrogens with one attached hydrogen (secondary N) is 2. The zero-order chi connectivity index (χ0) is 15.7. The summed E-state index contributed by atoms with van der Waals surface area (Å²) in [7, 11) is 0. The van der Waals surface area contributed by atoms with Crippen LogP contribution in [0.25, 0.3) is 0 Å². The fraction of sp³-hybridized carbons (Fsp3) is 0.467. The van der Waals surface area contributed by atoms with Crippen molar-refractivity contribution in [3.8, 4) is 11.5 Å². The number of carbonyl (C=O) groups is 2. The molecule has 0 bridgehead atoms. The Labute approximate surface area is 124 Å². The second kappa shape index (κ2) is 8.84. The van der Waals surface area contributed by atoms with Gasteiger partial charge in [-0.3, -0.25) is 9.59 Å². The van der Waals surface area contributed by atoms with Gasteiger partial charge in [0.2, 0.25) is 5.91 Å². The van der Waals surface area contributed by atoms with Gasteiger partial charge in [-0.2, -0.15) is 0 Å². The lowest BCUT2D eigenvalue weighted by atomic mass is 10.3. The summed E-state index contributed by atoms with van der Waals surface area (Å²) in [6, 6.07) is 6.42. The Morgan fingerprint density at radius 1 is 1.10 bits per heavy atom. The van der Waals surface area contributed by atoms with E-state index in [1.807, 2.05) is 13.8 Å². The van der Waals surface area contributed by atoms with Gasteiger partial charge in [0.25, 0.3) is 5.91 Å². The molecule has 1 aromatic carbocycles. The molecule has 0 saturated heterocycles. The second-order valence-corrected chi connectivity index (χ2v) is 4.38. The number of ether oxygens (including phenoxy) is 2. The van der Waals surface area contributed by atoms with Crippen molar-refractivity contribution in [2.75, 3.05) is 19.8 Å². The van der Waals surface area contributed by atoms with Crippen molar-refractivity contribution in [3.05, 3.63) is 24.3 Å². The van der Waals surface area contributed by atoms with Crippen LogP contribution in [0.2, 0.25) is 0 Å². The van der Waals surface area contributed by atoms with Crippen LogP contribution >= 0.6 is 0 Å². The Morgan fingerprint density at radius 2 is 1.67 bits per heavy atom. The van der Waals surface area contributed by atoms with E-state index in [-0.39, 0.29) is 18.4 Å². The standard InChI is InChI=1S/C15H22N2O4/c1-4-16-15(19)11(3)17-14(18)10-21-13-8-6-12(7-9-13)20-5-2/h6-9,11H,4-5,10H2,1-3H3,(H,16,19)(H,17,18)/t11-/m0/s1. The van der Waals surface area contributed by atoms with E-state index in [9.17, 15) is 9.59 Å².